The molecule has 0 spiro atoms. The lowest BCUT2D eigenvalue weighted by molar-refractivity contribution is -0.143. The number of hydrogen-bond donors (Lipinski definition) is 1. The molecule has 17 heavy (non-hydrogen) atoms. The first-order valence-corrected chi connectivity index (χ1v) is 5.21. The Bertz CT molecular complexity index is 423. The molecule has 6 nitrogen and oxygen atoms in total. The Hall–Kier alpha value is -2.11. The molecule has 0 radical (unpaired) electrons. The number of aliphatic carboxylic acids is 1. The summed E-state index contributed by atoms with van der Waals surface area (Å²) < 4.78 is 6.35. The van der Waals surface area contributed by atoms with Crippen LogP contribution in [0.3, 0.4) is 0 Å². The molecule has 0 atom stereocenters. The summed E-state index contributed by atoms with van der Waals surface area (Å²) in [6, 6.07) is 0. The summed E-state index contributed by atoms with van der Waals surface area (Å²) in [4.78, 5) is 21.4. The number of carboxylic acids is 1. The van der Waals surface area contributed by atoms with E-state index in [-0.39, 0.29) is 12.4 Å². The maximum absolute atomic E-state index is 11.1. The molecule has 1 aromatic heterocycles. The van der Waals surface area contributed by atoms with Crippen molar-refractivity contribution in [1.82, 2.24) is 9.78 Å². The van der Waals surface area contributed by atoms with Crippen LogP contribution in [0.2, 0.25) is 0 Å². The van der Waals surface area contributed by atoms with Crippen LogP contribution in [0.4, 0.5) is 0 Å². The van der Waals surface area contributed by atoms with Gasteiger partial charge in [-0.05, 0) is 13.0 Å². The van der Waals surface area contributed by atoms with Gasteiger partial charge in [-0.15, -0.1) is 0 Å². The minimum Gasteiger partial charge on any atom is -0.478 e. The minimum absolute atomic E-state index is 0.248. The van der Waals surface area contributed by atoms with Crippen LogP contribution in [0, 0.1) is 0 Å². The van der Waals surface area contributed by atoms with E-state index in [1.807, 2.05) is 0 Å². The molecule has 1 aromatic rings. The molecule has 6 heteroatoms. The molecule has 1 heterocycles. The second-order valence-electron chi connectivity index (χ2n) is 3.26. The predicted molar refractivity (Wildman–Crippen MR) is 60.1 cm³/mol. The monoisotopic (exact) mass is 238 g/mol. The van der Waals surface area contributed by atoms with Crippen molar-refractivity contribution in [2.24, 2.45) is 0 Å². The number of hydrogen-bond acceptors (Lipinski definition) is 4. The molecule has 1 N–H and O–H groups in total. The van der Waals surface area contributed by atoms with Gasteiger partial charge in [0.15, 0.2) is 0 Å². The van der Waals surface area contributed by atoms with E-state index in [1.165, 1.54) is 12.3 Å². The standard InChI is InChI=1S/C11H14N2O4/c1-2-17-11(16)5-6-13-8-9(7-12-13)3-4-10(14)15/h3-4,7-8H,2,5-6H2,1H3,(H,14,15)/b4-3+. The Balaban J connectivity index is 2.46. The van der Waals surface area contributed by atoms with Gasteiger partial charge in [0.2, 0.25) is 0 Å². The fourth-order valence-electron chi connectivity index (χ4n) is 1.19. The number of carbonyl (C=O) groups excluding carboxylic acids is 1. The van der Waals surface area contributed by atoms with Crippen molar-refractivity contribution in [2.45, 2.75) is 19.9 Å². The zero-order chi connectivity index (χ0) is 12.7. The van der Waals surface area contributed by atoms with Crippen LogP contribution < -0.4 is 0 Å². The minimum atomic E-state index is -1.01. The second kappa shape index (κ2) is 6.47. The fraction of sp³-hybridized carbons (Fsp3) is 0.364. The van der Waals surface area contributed by atoms with Gasteiger partial charge in [0, 0.05) is 17.8 Å². The number of ether oxygens (including phenoxy) is 1. The highest BCUT2D eigenvalue weighted by Gasteiger charge is 2.03. The van der Waals surface area contributed by atoms with Crippen LogP contribution in [0.15, 0.2) is 18.5 Å². The van der Waals surface area contributed by atoms with Crippen LogP contribution in [-0.4, -0.2) is 33.4 Å². The van der Waals surface area contributed by atoms with Gasteiger partial charge >= 0.3 is 11.9 Å². The number of esters is 1. The third-order valence-electron chi connectivity index (χ3n) is 1.92. The topological polar surface area (TPSA) is 81.4 Å². The molecule has 0 amide bonds. The molecule has 0 aromatic carbocycles. The molecule has 0 fully saturated rings. The maximum atomic E-state index is 11.1. The lowest BCUT2D eigenvalue weighted by atomic mass is 10.3. The summed E-state index contributed by atoms with van der Waals surface area (Å²) in [6.07, 6.45) is 5.92. The lowest BCUT2D eigenvalue weighted by Crippen LogP contribution is -2.09. The van der Waals surface area contributed by atoms with Crippen molar-refractivity contribution in [3.63, 3.8) is 0 Å². The number of carboxylic acid groups (broad SMARTS) is 1. The molecule has 0 aliphatic heterocycles. The summed E-state index contributed by atoms with van der Waals surface area (Å²) in [5, 5.41) is 12.4. The first-order valence-electron chi connectivity index (χ1n) is 5.21. The Morgan fingerprint density at radius 1 is 1.59 bits per heavy atom. The van der Waals surface area contributed by atoms with E-state index in [9.17, 15) is 9.59 Å². The summed E-state index contributed by atoms with van der Waals surface area (Å²) in [7, 11) is 0. The summed E-state index contributed by atoms with van der Waals surface area (Å²) in [5.74, 6) is -1.28. The van der Waals surface area contributed by atoms with E-state index in [0.717, 1.165) is 6.08 Å². The van der Waals surface area contributed by atoms with E-state index in [4.69, 9.17) is 9.84 Å². The van der Waals surface area contributed by atoms with Crippen molar-refractivity contribution < 1.29 is 19.4 Å². The molecular weight excluding hydrogens is 224 g/mol. The van der Waals surface area contributed by atoms with Crippen molar-refractivity contribution >= 4 is 18.0 Å². The normalized spacial score (nSPS) is 10.6. The van der Waals surface area contributed by atoms with E-state index < -0.39 is 5.97 Å². The number of aryl methyl sites for hydroxylation is 1. The molecule has 0 unspecified atom stereocenters. The number of rotatable bonds is 6. The molecule has 0 bridgehead atoms. The van der Waals surface area contributed by atoms with Gasteiger partial charge < -0.3 is 9.84 Å². The van der Waals surface area contributed by atoms with Gasteiger partial charge in [-0.1, -0.05) is 0 Å². The quantitative estimate of drug-likeness (QED) is 0.589. The molecule has 1 rings (SSSR count). The Kier molecular flexibility index (Phi) is 4.93. The van der Waals surface area contributed by atoms with Crippen molar-refractivity contribution in [1.29, 1.82) is 0 Å². The summed E-state index contributed by atoms with van der Waals surface area (Å²) in [6.45, 7) is 2.53. The van der Waals surface area contributed by atoms with Crippen LogP contribution in [0.1, 0.15) is 18.9 Å². The van der Waals surface area contributed by atoms with E-state index >= 15 is 0 Å². The average Bonchev–Trinajstić information content (AvgIpc) is 2.72. The fourth-order valence-corrected chi connectivity index (χ4v) is 1.19. The van der Waals surface area contributed by atoms with Crippen molar-refractivity contribution in [2.75, 3.05) is 6.61 Å². The smallest absolute Gasteiger partial charge is 0.328 e. The molecule has 0 saturated carbocycles. The van der Waals surface area contributed by atoms with Crippen LogP contribution >= 0.6 is 0 Å². The molecular formula is C11H14N2O4. The van der Waals surface area contributed by atoms with Crippen LogP contribution in [0.5, 0.6) is 0 Å². The number of carbonyl (C=O) groups is 2. The van der Waals surface area contributed by atoms with Crippen LogP contribution in [0.25, 0.3) is 6.08 Å². The van der Waals surface area contributed by atoms with E-state index in [1.54, 1.807) is 17.8 Å². The average molecular weight is 238 g/mol. The number of nitrogens with zero attached hydrogens (tertiary/aromatic N) is 2. The third-order valence-corrected chi connectivity index (χ3v) is 1.92. The second-order valence-corrected chi connectivity index (χ2v) is 3.26. The highest BCUT2D eigenvalue weighted by molar-refractivity contribution is 5.85. The predicted octanol–water partition coefficient (Wildman–Crippen LogP) is 0.934. The highest BCUT2D eigenvalue weighted by Crippen LogP contribution is 2.01. The SMILES string of the molecule is CCOC(=O)CCn1cc(/C=C/C(=O)O)cn1. The van der Waals surface area contributed by atoms with Gasteiger partial charge in [-0.3, -0.25) is 9.48 Å². The summed E-state index contributed by atoms with van der Waals surface area (Å²) in [5.41, 5.74) is 0.677. The van der Waals surface area contributed by atoms with Gasteiger partial charge in [0.05, 0.1) is 25.8 Å². The lowest BCUT2D eigenvalue weighted by Gasteiger charge is -2.01. The van der Waals surface area contributed by atoms with Gasteiger partial charge in [0.1, 0.15) is 0 Å². The summed E-state index contributed by atoms with van der Waals surface area (Å²) >= 11 is 0. The molecule has 0 aliphatic carbocycles. The van der Waals surface area contributed by atoms with Crippen molar-refractivity contribution in [3.05, 3.63) is 24.0 Å². The first-order chi connectivity index (χ1) is 8.11. The van der Waals surface area contributed by atoms with Gasteiger partial charge in [-0.25, -0.2) is 4.79 Å². The maximum Gasteiger partial charge on any atom is 0.328 e. The molecule has 0 aliphatic rings. The Morgan fingerprint density at radius 2 is 2.35 bits per heavy atom. The van der Waals surface area contributed by atoms with E-state index in [2.05, 4.69) is 5.10 Å². The van der Waals surface area contributed by atoms with Gasteiger partial charge in [-0.2, -0.15) is 5.10 Å². The van der Waals surface area contributed by atoms with Crippen molar-refractivity contribution in [3.8, 4) is 0 Å². The zero-order valence-corrected chi connectivity index (χ0v) is 9.50. The zero-order valence-electron chi connectivity index (χ0n) is 9.50. The molecule has 92 valence electrons. The largest absolute Gasteiger partial charge is 0.478 e. The highest BCUT2D eigenvalue weighted by atomic mass is 16.5. The number of aromatic nitrogens is 2. The third kappa shape index (κ3) is 4.96. The van der Waals surface area contributed by atoms with E-state index in [0.29, 0.717) is 18.7 Å². The van der Waals surface area contributed by atoms with Gasteiger partial charge in [0.25, 0.3) is 0 Å². The Labute approximate surface area is 98.5 Å². The Morgan fingerprint density at radius 3 is 3.00 bits per heavy atom. The molecule has 0 saturated heterocycles. The van der Waals surface area contributed by atoms with Crippen LogP contribution in [-0.2, 0) is 20.9 Å². The first kappa shape index (κ1) is 13.0.